The molecule has 0 heterocycles. The Morgan fingerprint density at radius 1 is 1.14 bits per heavy atom. The SMILES string of the molecule is CCC1CCCCC1C(=O)CC1CC1. The summed E-state index contributed by atoms with van der Waals surface area (Å²) in [6.45, 7) is 2.24. The summed E-state index contributed by atoms with van der Waals surface area (Å²) in [4.78, 5) is 12.0. The Labute approximate surface area is 87.3 Å². The molecule has 0 aromatic rings. The van der Waals surface area contributed by atoms with Gasteiger partial charge in [-0.1, -0.05) is 26.2 Å². The van der Waals surface area contributed by atoms with Gasteiger partial charge >= 0.3 is 0 Å². The molecule has 14 heavy (non-hydrogen) atoms. The zero-order valence-electron chi connectivity index (χ0n) is 9.30. The lowest BCUT2D eigenvalue weighted by Crippen LogP contribution is -2.27. The van der Waals surface area contributed by atoms with Crippen LogP contribution >= 0.6 is 0 Å². The molecule has 0 radical (unpaired) electrons. The lowest BCUT2D eigenvalue weighted by atomic mass is 9.75. The Morgan fingerprint density at radius 3 is 2.50 bits per heavy atom. The molecule has 0 N–H and O–H groups in total. The van der Waals surface area contributed by atoms with Gasteiger partial charge < -0.3 is 0 Å². The highest BCUT2D eigenvalue weighted by Gasteiger charge is 2.33. The van der Waals surface area contributed by atoms with Gasteiger partial charge in [-0.15, -0.1) is 0 Å². The van der Waals surface area contributed by atoms with Crippen molar-refractivity contribution in [3.63, 3.8) is 0 Å². The van der Waals surface area contributed by atoms with Crippen LogP contribution in [0.5, 0.6) is 0 Å². The highest BCUT2D eigenvalue weighted by Crippen LogP contribution is 2.38. The van der Waals surface area contributed by atoms with Gasteiger partial charge in [0.25, 0.3) is 0 Å². The third kappa shape index (κ3) is 2.37. The van der Waals surface area contributed by atoms with E-state index in [1.165, 1.54) is 44.9 Å². The third-order valence-corrected chi connectivity index (χ3v) is 4.03. The van der Waals surface area contributed by atoms with Gasteiger partial charge in [0, 0.05) is 12.3 Å². The van der Waals surface area contributed by atoms with Crippen molar-refractivity contribution in [2.45, 2.75) is 58.3 Å². The van der Waals surface area contributed by atoms with E-state index in [1.54, 1.807) is 0 Å². The summed E-state index contributed by atoms with van der Waals surface area (Å²) >= 11 is 0. The fourth-order valence-electron chi connectivity index (χ4n) is 2.88. The maximum absolute atomic E-state index is 12.0. The van der Waals surface area contributed by atoms with Gasteiger partial charge in [-0.3, -0.25) is 4.79 Å². The van der Waals surface area contributed by atoms with Crippen LogP contribution in [0.1, 0.15) is 58.3 Å². The van der Waals surface area contributed by atoms with Crippen molar-refractivity contribution in [1.82, 2.24) is 0 Å². The lowest BCUT2D eigenvalue weighted by Gasteiger charge is -2.29. The Bertz CT molecular complexity index is 205. The molecule has 2 saturated carbocycles. The molecule has 0 aromatic carbocycles. The lowest BCUT2D eigenvalue weighted by molar-refractivity contribution is -0.126. The van der Waals surface area contributed by atoms with Crippen LogP contribution in [0.4, 0.5) is 0 Å². The van der Waals surface area contributed by atoms with Crippen LogP contribution in [-0.2, 0) is 4.79 Å². The van der Waals surface area contributed by atoms with E-state index < -0.39 is 0 Å². The number of Topliss-reactive ketones (excluding diaryl/α,β-unsaturated/α-hetero) is 1. The van der Waals surface area contributed by atoms with Crippen molar-refractivity contribution in [3.05, 3.63) is 0 Å². The molecule has 2 fully saturated rings. The largest absolute Gasteiger partial charge is 0.299 e. The van der Waals surface area contributed by atoms with Gasteiger partial charge in [0.05, 0.1) is 0 Å². The fourth-order valence-corrected chi connectivity index (χ4v) is 2.88. The van der Waals surface area contributed by atoms with Crippen molar-refractivity contribution in [2.75, 3.05) is 0 Å². The monoisotopic (exact) mass is 194 g/mol. The Kier molecular flexibility index (Phi) is 3.25. The summed E-state index contributed by atoms with van der Waals surface area (Å²) in [5.41, 5.74) is 0. The van der Waals surface area contributed by atoms with E-state index >= 15 is 0 Å². The van der Waals surface area contributed by atoms with Gasteiger partial charge in [0.2, 0.25) is 0 Å². The Morgan fingerprint density at radius 2 is 1.86 bits per heavy atom. The first-order valence-electron chi connectivity index (χ1n) is 6.34. The summed E-state index contributed by atoms with van der Waals surface area (Å²) in [5.74, 6) is 2.53. The van der Waals surface area contributed by atoms with Gasteiger partial charge in [-0.2, -0.15) is 0 Å². The van der Waals surface area contributed by atoms with E-state index in [0.717, 1.165) is 18.3 Å². The first-order chi connectivity index (χ1) is 6.81. The molecule has 2 unspecified atom stereocenters. The van der Waals surface area contributed by atoms with Crippen molar-refractivity contribution < 1.29 is 4.79 Å². The highest BCUT2D eigenvalue weighted by molar-refractivity contribution is 5.81. The summed E-state index contributed by atoms with van der Waals surface area (Å²) in [6, 6.07) is 0. The van der Waals surface area contributed by atoms with Crippen LogP contribution in [-0.4, -0.2) is 5.78 Å². The molecular formula is C13H22O. The molecule has 2 aliphatic rings. The number of carbonyl (C=O) groups is 1. The van der Waals surface area contributed by atoms with E-state index in [1.807, 2.05) is 0 Å². The van der Waals surface area contributed by atoms with Crippen molar-refractivity contribution >= 4 is 5.78 Å². The minimum absolute atomic E-state index is 0.439. The second-order valence-electron chi connectivity index (χ2n) is 5.17. The predicted molar refractivity (Wildman–Crippen MR) is 58.1 cm³/mol. The molecule has 1 heteroatoms. The topological polar surface area (TPSA) is 17.1 Å². The van der Waals surface area contributed by atoms with Gasteiger partial charge in [-0.25, -0.2) is 0 Å². The van der Waals surface area contributed by atoms with Crippen LogP contribution in [0.3, 0.4) is 0 Å². The number of hydrogen-bond acceptors (Lipinski definition) is 1. The molecule has 1 nitrogen and oxygen atoms in total. The molecule has 2 aliphatic carbocycles. The van der Waals surface area contributed by atoms with Crippen LogP contribution < -0.4 is 0 Å². The van der Waals surface area contributed by atoms with Crippen LogP contribution in [0.15, 0.2) is 0 Å². The molecule has 0 aromatic heterocycles. The molecular weight excluding hydrogens is 172 g/mol. The normalized spacial score (nSPS) is 32.9. The van der Waals surface area contributed by atoms with Crippen LogP contribution in [0.2, 0.25) is 0 Å². The van der Waals surface area contributed by atoms with E-state index in [0.29, 0.717) is 11.7 Å². The van der Waals surface area contributed by atoms with Gasteiger partial charge in [0.1, 0.15) is 5.78 Å². The minimum atomic E-state index is 0.439. The Balaban J connectivity index is 1.87. The quantitative estimate of drug-likeness (QED) is 0.668. The maximum Gasteiger partial charge on any atom is 0.136 e. The van der Waals surface area contributed by atoms with Crippen LogP contribution in [0.25, 0.3) is 0 Å². The molecule has 0 saturated heterocycles. The number of ketones is 1. The molecule has 0 spiro atoms. The Hall–Kier alpha value is -0.330. The fraction of sp³-hybridized carbons (Fsp3) is 0.923. The van der Waals surface area contributed by atoms with Gasteiger partial charge in [0.15, 0.2) is 0 Å². The summed E-state index contributed by atoms with van der Waals surface area (Å²) < 4.78 is 0. The minimum Gasteiger partial charge on any atom is -0.299 e. The van der Waals surface area contributed by atoms with Crippen molar-refractivity contribution in [3.8, 4) is 0 Å². The zero-order valence-corrected chi connectivity index (χ0v) is 9.30. The summed E-state index contributed by atoms with van der Waals surface area (Å²) in [5, 5.41) is 0. The highest BCUT2D eigenvalue weighted by atomic mass is 16.1. The molecule has 2 atom stereocenters. The molecule has 0 amide bonds. The van der Waals surface area contributed by atoms with Crippen LogP contribution in [0, 0.1) is 17.8 Å². The van der Waals surface area contributed by atoms with E-state index in [2.05, 4.69) is 6.92 Å². The number of carbonyl (C=O) groups excluding carboxylic acids is 1. The molecule has 0 aliphatic heterocycles. The van der Waals surface area contributed by atoms with E-state index in [9.17, 15) is 4.79 Å². The number of rotatable bonds is 4. The summed E-state index contributed by atoms with van der Waals surface area (Å²) in [6.07, 6.45) is 9.87. The number of hydrogen-bond donors (Lipinski definition) is 0. The standard InChI is InChI=1S/C13H22O/c1-2-11-5-3-4-6-12(11)13(14)9-10-7-8-10/h10-12H,2-9H2,1H3. The van der Waals surface area contributed by atoms with Crippen molar-refractivity contribution in [2.24, 2.45) is 17.8 Å². The van der Waals surface area contributed by atoms with E-state index in [4.69, 9.17) is 0 Å². The average molecular weight is 194 g/mol. The third-order valence-electron chi connectivity index (χ3n) is 4.03. The predicted octanol–water partition coefficient (Wildman–Crippen LogP) is 3.57. The first-order valence-corrected chi connectivity index (χ1v) is 6.34. The average Bonchev–Trinajstić information content (AvgIpc) is 3.01. The second-order valence-corrected chi connectivity index (χ2v) is 5.17. The molecule has 2 rings (SSSR count). The maximum atomic E-state index is 12.0. The second kappa shape index (κ2) is 4.46. The first kappa shape index (κ1) is 10.2. The van der Waals surface area contributed by atoms with E-state index in [-0.39, 0.29) is 0 Å². The zero-order chi connectivity index (χ0) is 9.97. The molecule has 80 valence electrons. The smallest absolute Gasteiger partial charge is 0.136 e. The molecule has 0 bridgehead atoms. The summed E-state index contributed by atoms with van der Waals surface area (Å²) in [7, 11) is 0. The van der Waals surface area contributed by atoms with Gasteiger partial charge in [-0.05, 0) is 37.5 Å². The van der Waals surface area contributed by atoms with Crippen molar-refractivity contribution in [1.29, 1.82) is 0 Å².